The number of aryl methyl sites for hydroxylation is 1. The van der Waals surface area contributed by atoms with E-state index in [0.717, 1.165) is 5.56 Å². The van der Waals surface area contributed by atoms with Crippen molar-refractivity contribution in [2.24, 2.45) is 0 Å². The van der Waals surface area contributed by atoms with Gasteiger partial charge in [-0.2, -0.15) is 5.26 Å². The summed E-state index contributed by atoms with van der Waals surface area (Å²) in [6.07, 6.45) is 2.19. The van der Waals surface area contributed by atoms with Crippen LogP contribution in [0.4, 0.5) is 4.39 Å². The molecule has 0 fully saturated rings. The number of carbonyl (C=O) groups excluding carboxylic acids is 1. The molecule has 2 aromatic carbocycles. The number of amides is 1. The number of nitrogens with zero attached hydrogens (tertiary/aromatic N) is 1. The van der Waals surface area contributed by atoms with E-state index in [1.807, 2.05) is 6.92 Å². The standard InChI is InChI=1S/C20H21FN2O2/c1-2-16-12-15(13-22)4-9-19(16)20(25,10-3-11-23-14-24)17-5-7-18(21)8-6-17/h4-9,12,14,25H,2-3,10-11H2,1H3,(H,23,24)/t20-/m0/s1. The van der Waals surface area contributed by atoms with E-state index in [2.05, 4.69) is 11.4 Å². The summed E-state index contributed by atoms with van der Waals surface area (Å²) in [4.78, 5) is 10.4. The summed E-state index contributed by atoms with van der Waals surface area (Å²) in [5, 5.41) is 23.2. The number of benzene rings is 2. The zero-order chi connectivity index (χ0) is 18.3. The lowest BCUT2D eigenvalue weighted by molar-refractivity contribution is -0.109. The topological polar surface area (TPSA) is 73.1 Å². The molecule has 0 saturated carbocycles. The molecule has 0 radical (unpaired) electrons. The van der Waals surface area contributed by atoms with E-state index in [0.29, 0.717) is 48.9 Å². The van der Waals surface area contributed by atoms with Gasteiger partial charge in [-0.15, -0.1) is 0 Å². The number of nitrogens with one attached hydrogen (secondary N) is 1. The molecule has 0 heterocycles. The van der Waals surface area contributed by atoms with Crippen molar-refractivity contribution >= 4 is 6.41 Å². The molecule has 0 bridgehead atoms. The summed E-state index contributed by atoms with van der Waals surface area (Å²) < 4.78 is 13.3. The van der Waals surface area contributed by atoms with Gasteiger partial charge in [-0.3, -0.25) is 4.79 Å². The van der Waals surface area contributed by atoms with Crippen LogP contribution in [0.15, 0.2) is 42.5 Å². The Labute approximate surface area is 146 Å². The number of aliphatic hydroxyl groups is 1. The minimum Gasteiger partial charge on any atom is -0.380 e. The molecule has 2 rings (SSSR count). The third-order valence-electron chi connectivity index (χ3n) is 4.33. The van der Waals surface area contributed by atoms with Crippen LogP contribution in [0, 0.1) is 17.1 Å². The molecule has 0 spiro atoms. The van der Waals surface area contributed by atoms with Gasteiger partial charge in [-0.05, 0) is 60.2 Å². The second-order valence-corrected chi connectivity index (χ2v) is 5.88. The molecule has 130 valence electrons. The van der Waals surface area contributed by atoms with Crippen molar-refractivity contribution in [3.63, 3.8) is 0 Å². The monoisotopic (exact) mass is 340 g/mol. The molecule has 0 aromatic heterocycles. The fourth-order valence-electron chi connectivity index (χ4n) is 3.02. The van der Waals surface area contributed by atoms with Gasteiger partial charge >= 0.3 is 0 Å². The van der Waals surface area contributed by atoms with Crippen LogP contribution in [-0.4, -0.2) is 18.1 Å². The molecule has 0 saturated heterocycles. The van der Waals surface area contributed by atoms with Gasteiger partial charge in [0.15, 0.2) is 0 Å². The van der Waals surface area contributed by atoms with Gasteiger partial charge in [0.2, 0.25) is 6.41 Å². The van der Waals surface area contributed by atoms with Crippen molar-refractivity contribution in [2.45, 2.75) is 31.8 Å². The summed E-state index contributed by atoms with van der Waals surface area (Å²) in [6, 6.07) is 13.1. The van der Waals surface area contributed by atoms with Crippen molar-refractivity contribution in [2.75, 3.05) is 6.54 Å². The number of hydrogen-bond donors (Lipinski definition) is 2. The van der Waals surface area contributed by atoms with Gasteiger partial charge in [0.05, 0.1) is 11.6 Å². The average molecular weight is 340 g/mol. The largest absolute Gasteiger partial charge is 0.380 e. The van der Waals surface area contributed by atoms with Gasteiger partial charge in [-0.1, -0.05) is 25.1 Å². The minimum absolute atomic E-state index is 0.359. The molecule has 4 nitrogen and oxygen atoms in total. The van der Waals surface area contributed by atoms with Gasteiger partial charge in [0, 0.05) is 6.54 Å². The number of nitriles is 1. The van der Waals surface area contributed by atoms with Gasteiger partial charge < -0.3 is 10.4 Å². The Balaban J connectivity index is 2.49. The summed E-state index contributed by atoms with van der Waals surface area (Å²) in [7, 11) is 0. The van der Waals surface area contributed by atoms with Crippen LogP contribution in [0.2, 0.25) is 0 Å². The molecule has 0 aliphatic rings. The third kappa shape index (κ3) is 4.23. The van der Waals surface area contributed by atoms with Crippen molar-refractivity contribution in [3.05, 3.63) is 70.5 Å². The number of halogens is 1. The third-order valence-corrected chi connectivity index (χ3v) is 4.33. The average Bonchev–Trinajstić information content (AvgIpc) is 2.65. The summed E-state index contributed by atoms with van der Waals surface area (Å²) in [5.74, 6) is -0.371. The van der Waals surface area contributed by atoms with E-state index in [-0.39, 0.29) is 5.82 Å². The molecular formula is C20H21FN2O2. The maximum atomic E-state index is 13.3. The SMILES string of the molecule is CCc1cc(C#N)ccc1[C@](O)(CCCNC=O)c1ccc(F)cc1. The van der Waals surface area contributed by atoms with Crippen LogP contribution in [-0.2, 0) is 16.8 Å². The smallest absolute Gasteiger partial charge is 0.207 e. The van der Waals surface area contributed by atoms with E-state index >= 15 is 0 Å². The lowest BCUT2D eigenvalue weighted by atomic mass is 9.79. The van der Waals surface area contributed by atoms with Crippen LogP contribution in [0.25, 0.3) is 0 Å². The van der Waals surface area contributed by atoms with Crippen molar-refractivity contribution < 1.29 is 14.3 Å². The molecular weight excluding hydrogens is 319 g/mol. The van der Waals surface area contributed by atoms with E-state index in [1.54, 1.807) is 30.3 Å². The van der Waals surface area contributed by atoms with Crippen molar-refractivity contribution in [3.8, 4) is 6.07 Å². The highest BCUT2D eigenvalue weighted by Crippen LogP contribution is 2.36. The van der Waals surface area contributed by atoms with Gasteiger partial charge in [-0.25, -0.2) is 4.39 Å². The first kappa shape index (κ1) is 18.6. The molecule has 25 heavy (non-hydrogen) atoms. The van der Waals surface area contributed by atoms with Gasteiger partial charge in [0.25, 0.3) is 0 Å². The Kier molecular flexibility index (Phi) is 6.26. The fourth-order valence-corrected chi connectivity index (χ4v) is 3.02. The van der Waals surface area contributed by atoms with Crippen LogP contribution in [0.1, 0.15) is 42.0 Å². The normalized spacial score (nSPS) is 12.9. The zero-order valence-corrected chi connectivity index (χ0v) is 14.1. The lowest BCUT2D eigenvalue weighted by Crippen LogP contribution is -2.30. The van der Waals surface area contributed by atoms with Gasteiger partial charge in [0.1, 0.15) is 11.4 Å². The van der Waals surface area contributed by atoms with E-state index < -0.39 is 5.60 Å². The molecule has 1 amide bonds. The first-order valence-electron chi connectivity index (χ1n) is 8.24. The molecule has 2 aromatic rings. The Hall–Kier alpha value is -2.71. The van der Waals surface area contributed by atoms with Crippen LogP contribution < -0.4 is 5.32 Å². The van der Waals surface area contributed by atoms with E-state index in [1.165, 1.54) is 12.1 Å². The molecule has 0 aliphatic heterocycles. The predicted molar refractivity (Wildman–Crippen MR) is 93.2 cm³/mol. The maximum Gasteiger partial charge on any atom is 0.207 e. The summed E-state index contributed by atoms with van der Waals surface area (Å²) in [5.41, 5.74) is 1.36. The van der Waals surface area contributed by atoms with E-state index in [9.17, 15) is 14.3 Å². The number of carbonyl (C=O) groups is 1. The first-order chi connectivity index (χ1) is 12.0. The van der Waals surface area contributed by atoms with Crippen LogP contribution in [0.5, 0.6) is 0 Å². The van der Waals surface area contributed by atoms with Crippen LogP contribution in [0.3, 0.4) is 0 Å². The number of hydrogen-bond acceptors (Lipinski definition) is 3. The van der Waals surface area contributed by atoms with E-state index in [4.69, 9.17) is 5.26 Å². The van der Waals surface area contributed by atoms with Crippen LogP contribution >= 0.6 is 0 Å². The fraction of sp³-hybridized carbons (Fsp3) is 0.300. The Morgan fingerprint density at radius 1 is 1.28 bits per heavy atom. The Bertz CT molecular complexity index is 768. The zero-order valence-electron chi connectivity index (χ0n) is 14.1. The van der Waals surface area contributed by atoms with Crippen molar-refractivity contribution in [1.29, 1.82) is 5.26 Å². The lowest BCUT2D eigenvalue weighted by Gasteiger charge is -2.31. The highest BCUT2D eigenvalue weighted by atomic mass is 19.1. The molecule has 0 unspecified atom stereocenters. The highest BCUT2D eigenvalue weighted by molar-refractivity contribution is 5.46. The summed E-state index contributed by atoms with van der Waals surface area (Å²) in [6.45, 7) is 2.39. The molecule has 1 atom stereocenters. The predicted octanol–water partition coefficient (Wildman–Crippen LogP) is 3.02. The first-order valence-corrected chi connectivity index (χ1v) is 8.24. The quantitative estimate of drug-likeness (QED) is 0.573. The summed E-state index contributed by atoms with van der Waals surface area (Å²) >= 11 is 0. The number of rotatable bonds is 8. The highest BCUT2D eigenvalue weighted by Gasteiger charge is 2.33. The second-order valence-electron chi connectivity index (χ2n) is 5.88. The Morgan fingerprint density at radius 3 is 2.60 bits per heavy atom. The molecule has 2 N–H and O–H groups in total. The molecule has 0 aliphatic carbocycles. The maximum absolute atomic E-state index is 13.3. The Morgan fingerprint density at radius 2 is 2.00 bits per heavy atom. The second kappa shape index (κ2) is 8.41. The van der Waals surface area contributed by atoms with Crippen molar-refractivity contribution in [1.82, 2.24) is 5.32 Å². The minimum atomic E-state index is -1.32. The molecule has 5 heteroatoms.